The highest BCUT2D eigenvalue weighted by Crippen LogP contribution is 2.31. The van der Waals surface area contributed by atoms with E-state index in [1.165, 1.54) is 19.1 Å². The quantitative estimate of drug-likeness (QED) is 0.716. The van der Waals surface area contributed by atoms with Gasteiger partial charge in [0.05, 0.1) is 0 Å². The third-order valence-electron chi connectivity index (χ3n) is 2.34. The molecular formula is C10H9NO4. The van der Waals surface area contributed by atoms with Crippen LogP contribution < -0.4 is 5.32 Å². The molecule has 1 saturated heterocycles. The van der Waals surface area contributed by atoms with E-state index in [1.54, 1.807) is 12.1 Å². The molecule has 0 aromatic heterocycles. The van der Waals surface area contributed by atoms with Crippen molar-refractivity contribution in [2.75, 3.05) is 0 Å². The van der Waals surface area contributed by atoms with E-state index in [9.17, 15) is 14.7 Å². The molecule has 1 aliphatic rings. The molecule has 0 unspecified atom stereocenters. The first kappa shape index (κ1) is 9.51. The molecule has 15 heavy (non-hydrogen) atoms. The van der Waals surface area contributed by atoms with E-state index in [4.69, 9.17) is 4.74 Å². The highest BCUT2D eigenvalue weighted by Gasteiger charge is 2.46. The average molecular weight is 207 g/mol. The van der Waals surface area contributed by atoms with Gasteiger partial charge >= 0.3 is 6.09 Å². The number of aromatic hydroxyl groups is 1. The predicted octanol–water partition coefficient (Wildman–Crippen LogP) is 0.874. The zero-order valence-corrected chi connectivity index (χ0v) is 7.98. The van der Waals surface area contributed by atoms with Gasteiger partial charge in [-0.3, -0.25) is 10.1 Å². The minimum atomic E-state index is -1.35. The fourth-order valence-electron chi connectivity index (χ4n) is 1.46. The van der Waals surface area contributed by atoms with Gasteiger partial charge in [0.15, 0.2) is 0 Å². The van der Waals surface area contributed by atoms with Crippen molar-refractivity contribution in [2.24, 2.45) is 0 Å². The van der Waals surface area contributed by atoms with Crippen LogP contribution in [-0.2, 0) is 15.1 Å². The molecule has 1 fully saturated rings. The fourth-order valence-corrected chi connectivity index (χ4v) is 1.46. The molecule has 78 valence electrons. The van der Waals surface area contributed by atoms with Crippen LogP contribution in [0.25, 0.3) is 0 Å². The van der Waals surface area contributed by atoms with Crippen molar-refractivity contribution in [1.29, 1.82) is 0 Å². The number of phenolic OH excluding ortho intramolecular Hbond substituents is 1. The molecule has 0 bridgehead atoms. The van der Waals surface area contributed by atoms with E-state index in [2.05, 4.69) is 0 Å². The van der Waals surface area contributed by atoms with Crippen molar-refractivity contribution < 1.29 is 19.4 Å². The van der Waals surface area contributed by atoms with E-state index < -0.39 is 17.6 Å². The van der Waals surface area contributed by atoms with Gasteiger partial charge in [-0.05, 0) is 19.1 Å². The monoisotopic (exact) mass is 207 g/mol. The van der Waals surface area contributed by atoms with E-state index in [0.717, 1.165) is 0 Å². The lowest BCUT2D eigenvalue weighted by atomic mass is 9.95. The summed E-state index contributed by atoms with van der Waals surface area (Å²) in [6, 6.07) is 6.05. The maximum atomic E-state index is 11.5. The number of nitrogens with one attached hydrogen (secondary N) is 1. The van der Waals surface area contributed by atoms with Crippen molar-refractivity contribution >= 4 is 12.0 Å². The van der Waals surface area contributed by atoms with Crippen LogP contribution in [0.15, 0.2) is 24.3 Å². The average Bonchev–Trinajstić information content (AvgIpc) is 2.42. The van der Waals surface area contributed by atoms with Crippen LogP contribution in [0.2, 0.25) is 0 Å². The molecule has 0 radical (unpaired) electrons. The molecular weight excluding hydrogens is 198 g/mol. The Balaban J connectivity index is 2.46. The summed E-state index contributed by atoms with van der Waals surface area (Å²) in [6.45, 7) is 1.47. The summed E-state index contributed by atoms with van der Waals surface area (Å²) < 4.78 is 4.89. The molecule has 5 heteroatoms. The summed E-state index contributed by atoms with van der Waals surface area (Å²) in [7, 11) is 0. The molecule has 1 aromatic rings. The van der Waals surface area contributed by atoms with Gasteiger partial charge in [0.25, 0.3) is 5.91 Å². The maximum absolute atomic E-state index is 11.5. The number of imide groups is 1. The van der Waals surface area contributed by atoms with Crippen molar-refractivity contribution in [2.45, 2.75) is 12.5 Å². The maximum Gasteiger partial charge on any atom is 0.415 e. The molecule has 0 aliphatic carbocycles. The molecule has 5 nitrogen and oxygen atoms in total. The Morgan fingerprint density at radius 3 is 2.67 bits per heavy atom. The first-order valence-electron chi connectivity index (χ1n) is 4.36. The minimum absolute atomic E-state index is 0.0180. The Labute approximate surface area is 85.7 Å². The zero-order valence-electron chi connectivity index (χ0n) is 7.98. The smallest absolute Gasteiger partial charge is 0.415 e. The van der Waals surface area contributed by atoms with Gasteiger partial charge in [-0.25, -0.2) is 4.79 Å². The van der Waals surface area contributed by atoms with Crippen molar-refractivity contribution in [1.82, 2.24) is 5.32 Å². The number of hydrogen-bond acceptors (Lipinski definition) is 4. The van der Waals surface area contributed by atoms with Crippen molar-refractivity contribution in [3.63, 3.8) is 0 Å². The molecule has 0 spiro atoms. The normalized spacial score (nSPS) is 24.9. The summed E-state index contributed by atoms with van der Waals surface area (Å²) in [5.74, 6) is -0.512. The highest BCUT2D eigenvalue weighted by molar-refractivity contribution is 6.03. The fraction of sp³-hybridized carbons (Fsp3) is 0.200. The van der Waals surface area contributed by atoms with Crippen LogP contribution in [0.3, 0.4) is 0 Å². The van der Waals surface area contributed by atoms with Gasteiger partial charge < -0.3 is 9.84 Å². The molecule has 1 aromatic carbocycles. The summed E-state index contributed by atoms with van der Waals surface area (Å²) >= 11 is 0. The van der Waals surface area contributed by atoms with Crippen LogP contribution in [0, 0.1) is 0 Å². The second-order valence-corrected chi connectivity index (χ2v) is 3.43. The Kier molecular flexibility index (Phi) is 1.89. The Morgan fingerprint density at radius 1 is 1.40 bits per heavy atom. The molecule has 2 amide bonds. The lowest BCUT2D eigenvalue weighted by molar-refractivity contribution is -0.130. The molecule has 1 aliphatic heterocycles. The predicted molar refractivity (Wildman–Crippen MR) is 50.1 cm³/mol. The third kappa shape index (κ3) is 1.41. The number of amides is 2. The van der Waals surface area contributed by atoms with Crippen molar-refractivity contribution in [3.8, 4) is 5.75 Å². The molecule has 1 atom stereocenters. The van der Waals surface area contributed by atoms with Gasteiger partial charge in [-0.2, -0.15) is 0 Å². The number of cyclic esters (lactones) is 1. The molecule has 1 heterocycles. The SMILES string of the molecule is C[C@]1(c2cccc(O)c2)OC(=O)NC1=O. The number of ether oxygens (including phenoxy) is 1. The summed E-state index contributed by atoms with van der Waals surface area (Å²) in [4.78, 5) is 22.4. The first-order chi connectivity index (χ1) is 7.02. The number of benzene rings is 1. The summed E-state index contributed by atoms with van der Waals surface area (Å²) in [5.41, 5.74) is -0.915. The van der Waals surface area contributed by atoms with Gasteiger partial charge in [-0.1, -0.05) is 12.1 Å². The summed E-state index contributed by atoms with van der Waals surface area (Å²) in [5, 5.41) is 11.3. The minimum Gasteiger partial charge on any atom is -0.508 e. The Hall–Kier alpha value is -2.04. The largest absolute Gasteiger partial charge is 0.508 e. The van der Waals surface area contributed by atoms with Crippen LogP contribution in [-0.4, -0.2) is 17.1 Å². The second-order valence-electron chi connectivity index (χ2n) is 3.43. The standard InChI is InChI=1S/C10H9NO4/c1-10(8(13)11-9(14)15-10)6-3-2-4-7(12)5-6/h2-5,12H,1H3,(H,11,13,14)/t10-/m1/s1. The molecule has 2 N–H and O–H groups in total. The first-order valence-corrected chi connectivity index (χ1v) is 4.36. The van der Waals surface area contributed by atoms with Crippen LogP contribution in [0.4, 0.5) is 4.79 Å². The number of carbonyl (C=O) groups excluding carboxylic acids is 2. The van der Waals surface area contributed by atoms with Gasteiger partial charge in [-0.15, -0.1) is 0 Å². The van der Waals surface area contributed by atoms with Gasteiger partial charge in [0, 0.05) is 5.56 Å². The lowest BCUT2D eigenvalue weighted by Crippen LogP contribution is -2.33. The van der Waals surface area contributed by atoms with Crippen LogP contribution in [0.5, 0.6) is 5.75 Å². The zero-order chi connectivity index (χ0) is 11.1. The number of rotatable bonds is 1. The summed E-state index contributed by atoms with van der Waals surface area (Å²) in [6.07, 6.45) is -0.772. The highest BCUT2D eigenvalue weighted by atomic mass is 16.6. The van der Waals surface area contributed by atoms with E-state index in [0.29, 0.717) is 5.56 Å². The van der Waals surface area contributed by atoms with E-state index in [-0.39, 0.29) is 5.75 Å². The van der Waals surface area contributed by atoms with E-state index >= 15 is 0 Å². The van der Waals surface area contributed by atoms with E-state index in [1.807, 2.05) is 5.32 Å². The van der Waals surface area contributed by atoms with Gasteiger partial charge in [0.2, 0.25) is 5.60 Å². The third-order valence-corrected chi connectivity index (χ3v) is 2.34. The lowest BCUT2D eigenvalue weighted by Gasteiger charge is -2.19. The Morgan fingerprint density at radius 2 is 2.13 bits per heavy atom. The Bertz CT molecular complexity index is 443. The number of phenols is 1. The number of hydrogen-bond donors (Lipinski definition) is 2. The molecule has 0 saturated carbocycles. The molecule has 2 rings (SSSR count). The van der Waals surface area contributed by atoms with Gasteiger partial charge in [0.1, 0.15) is 5.75 Å². The van der Waals surface area contributed by atoms with Crippen LogP contribution >= 0.6 is 0 Å². The second kappa shape index (κ2) is 2.98. The van der Waals surface area contributed by atoms with Crippen LogP contribution in [0.1, 0.15) is 12.5 Å². The number of alkyl carbamates (subject to hydrolysis) is 1. The van der Waals surface area contributed by atoms with Crippen molar-refractivity contribution in [3.05, 3.63) is 29.8 Å². The topological polar surface area (TPSA) is 75.6 Å². The number of carbonyl (C=O) groups is 2.